The summed E-state index contributed by atoms with van der Waals surface area (Å²) >= 11 is 0. The second-order valence-corrected chi connectivity index (χ2v) is 15.4. The van der Waals surface area contributed by atoms with Gasteiger partial charge in [0.05, 0.1) is 48.7 Å². The molecule has 13 heteroatoms. The van der Waals surface area contributed by atoms with Crippen molar-refractivity contribution < 1.29 is 33.4 Å². The van der Waals surface area contributed by atoms with Gasteiger partial charge in [0.2, 0.25) is 29.5 Å². The molecule has 1 aromatic rings. The van der Waals surface area contributed by atoms with E-state index in [0.29, 0.717) is 13.0 Å². The Morgan fingerprint density at radius 1 is 1.02 bits per heavy atom. The number of likely N-dealkylation sites (tertiary alicyclic amines) is 1. The van der Waals surface area contributed by atoms with Crippen LogP contribution in [0.4, 0.5) is 0 Å². The maximum absolute atomic E-state index is 14.2. The van der Waals surface area contributed by atoms with Crippen LogP contribution < -0.4 is 21.3 Å². The highest BCUT2D eigenvalue weighted by molar-refractivity contribution is 6.01. The lowest BCUT2D eigenvalue weighted by molar-refractivity contribution is -0.144. The summed E-state index contributed by atoms with van der Waals surface area (Å²) in [5.74, 6) is -0.189. The molecule has 1 aromatic carbocycles. The van der Waals surface area contributed by atoms with E-state index in [-0.39, 0.29) is 61.0 Å². The van der Waals surface area contributed by atoms with Gasteiger partial charge in [0.15, 0.2) is 0 Å². The monoisotopic (exact) mass is 754 g/mol. The van der Waals surface area contributed by atoms with Crippen LogP contribution in [0.5, 0.6) is 0 Å². The van der Waals surface area contributed by atoms with Crippen molar-refractivity contribution in [3.63, 3.8) is 0 Å². The average molecular weight is 755 g/mol. The van der Waals surface area contributed by atoms with E-state index in [1.54, 1.807) is 39.8 Å². The minimum absolute atomic E-state index is 0.0257. The first kappa shape index (κ1) is 46.3. The standard InChI is InChI=1S/C41H66N6O7/c1-13-22-43-38(50)30(24-29-19-16-15-17-20-29)44-37(49)28(6)36(54-12)31-21-18-23-47(31)33(48)25-32(53-11)35(27(5)14-2)46(10)34(26(3)4)39(51)45-40(52)41(7,8)42-9/h1,15-17,19-20,26-28,30-32,34-36,42H,14,18,21-25H2,2-12H3,(H,43,50)(H,44,49)(H,45,51,52)/t27-,28+,30-,31-,32+,34-,35-,36+/m0/s1. The predicted molar refractivity (Wildman–Crippen MR) is 210 cm³/mol. The quantitative estimate of drug-likeness (QED) is 0.139. The smallest absolute Gasteiger partial charge is 0.246 e. The van der Waals surface area contributed by atoms with Crippen LogP contribution in [0, 0.1) is 30.1 Å². The van der Waals surface area contributed by atoms with Crippen LogP contribution in [0.15, 0.2) is 30.3 Å². The summed E-state index contributed by atoms with van der Waals surface area (Å²) in [5.41, 5.74) is -0.0683. The molecule has 0 saturated carbocycles. The third-order valence-corrected chi connectivity index (χ3v) is 11.0. The zero-order chi connectivity index (χ0) is 40.7. The van der Waals surface area contributed by atoms with E-state index in [2.05, 4.69) is 41.0 Å². The Morgan fingerprint density at radius 2 is 1.67 bits per heavy atom. The Kier molecular flexibility index (Phi) is 18.8. The SMILES string of the molecule is C#CCNC(=O)[C@H](Cc1ccccc1)NC(=O)[C@H](C)[C@@H](OC)[C@@H]1CCCN1C(=O)C[C@@H](OC)[C@H]([C@@H](C)CC)N(C)[C@H](C(=O)NC(=O)C(C)(C)NC)C(C)C. The van der Waals surface area contributed by atoms with E-state index in [1.807, 2.05) is 56.1 Å². The average Bonchev–Trinajstić information content (AvgIpc) is 3.63. The molecule has 0 bridgehead atoms. The number of likely N-dealkylation sites (N-methyl/N-ethyl adjacent to an activating group) is 2. The number of methoxy groups -OCH3 is 2. The number of carbonyl (C=O) groups excluding carboxylic acids is 5. The van der Waals surface area contributed by atoms with Crippen molar-refractivity contribution in [3.05, 3.63) is 35.9 Å². The van der Waals surface area contributed by atoms with Crippen LogP contribution in [0.25, 0.3) is 0 Å². The maximum atomic E-state index is 14.2. The number of carbonyl (C=O) groups is 5. The molecule has 0 aliphatic carbocycles. The molecule has 0 unspecified atom stereocenters. The van der Waals surface area contributed by atoms with Crippen LogP contribution in [0.3, 0.4) is 0 Å². The molecule has 1 aliphatic rings. The van der Waals surface area contributed by atoms with Crippen molar-refractivity contribution in [1.82, 2.24) is 31.1 Å². The summed E-state index contributed by atoms with van der Waals surface area (Å²) in [7, 11) is 6.62. The molecule has 1 saturated heterocycles. The highest BCUT2D eigenvalue weighted by Gasteiger charge is 2.44. The first-order valence-corrected chi connectivity index (χ1v) is 19.2. The Morgan fingerprint density at radius 3 is 2.20 bits per heavy atom. The fourth-order valence-electron chi connectivity index (χ4n) is 7.41. The Balaban J connectivity index is 2.30. The van der Waals surface area contributed by atoms with Crippen LogP contribution in [-0.2, 0) is 39.9 Å². The summed E-state index contributed by atoms with van der Waals surface area (Å²) < 4.78 is 12.0. The molecule has 8 atom stereocenters. The van der Waals surface area contributed by atoms with Crippen molar-refractivity contribution >= 4 is 29.5 Å². The fraction of sp³-hybridized carbons (Fsp3) is 0.683. The molecular formula is C41H66N6O7. The minimum atomic E-state index is -0.946. The largest absolute Gasteiger partial charge is 0.379 e. The summed E-state index contributed by atoms with van der Waals surface area (Å²) in [5, 5.41) is 11.1. The van der Waals surface area contributed by atoms with Gasteiger partial charge in [-0.25, -0.2) is 0 Å². The van der Waals surface area contributed by atoms with Crippen molar-refractivity contribution in [1.29, 1.82) is 0 Å². The van der Waals surface area contributed by atoms with Gasteiger partial charge in [0.25, 0.3) is 0 Å². The number of nitrogens with one attached hydrogen (secondary N) is 4. The van der Waals surface area contributed by atoms with Gasteiger partial charge >= 0.3 is 0 Å². The molecular weight excluding hydrogens is 688 g/mol. The number of hydrogen-bond acceptors (Lipinski definition) is 9. The normalized spacial score (nSPS) is 18.5. The van der Waals surface area contributed by atoms with Crippen LogP contribution in [-0.4, -0.2) is 123 Å². The second kappa shape index (κ2) is 21.9. The number of benzene rings is 1. The van der Waals surface area contributed by atoms with Crippen LogP contribution in [0.2, 0.25) is 0 Å². The highest BCUT2D eigenvalue weighted by Crippen LogP contribution is 2.30. The number of terminal acetylenes is 1. The van der Waals surface area contributed by atoms with E-state index in [9.17, 15) is 24.0 Å². The first-order chi connectivity index (χ1) is 25.5. The van der Waals surface area contributed by atoms with Gasteiger partial charge in [-0.3, -0.25) is 34.2 Å². The lowest BCUT2D eigenvalue weighted by atomic mass is 9.87. The minimum Gasteiger partial charge on any atom is -0.379 e. The molecule has 1 heterocycles. The van der Waals surface area contributed by atoms with Crippen molar-refractivity contribution in [2.75, 3.05) is 41.4 Å². The molecule has 0 radical (unpaired) electrons. The van der Waals surface area contributed by atoms with E-state index < -0.39 is 47.6 Å². The molecule has 5 amide bonds. The Bertz CT molecular complexity index is 1430. The zero-order valence-electron chi connectivity index (χ0n) is 34.4. The topological polar surface area (TPSA) is 158 Å². The van der Waals surface area contributed by atoms with E-state index in [4.69, 9.17) is 15.9 Å². The van der Waals surface area contributed by atoms with Gasteiger partial charge in [0.1, 0.15) is 6.04 Å². The van der Waals surface area contributed by atoms with E-state index in [1.165, 1.54) is 7.11 Å². The van der Waals surface area contributed by atoms with Gasteiger partial charge < -0.3 is 30.3 Å². The van der Waals surface area contributed by atoms with Gasteiger partial charge in [-0.1, -0.05) is 77.3 Å². The van der Waals surface area contributed by atoms with Crippen molar-refractivity contribution in [2.45, 2.75) is 122 Å². The number of rotatable bonds is 21. The summed E-state index contributed by atoms with van der Waals surface area (Å²) in [6.45, 7) is 13.7. The molecule has 54 heavy (non-hydrogen) atoms. The molecule has 302 valence electrons. The van der Waals surface area contributed by atoms with Gasteiger partial charge in [-0.05, 0) is 58.2 Å². The van der Waals surface area contributed by atoms with Crippen molar-refractivity contribution in [2.24, 2.45) is 17.8 Å². The zero-order valence-corrected chi connectivity index (χ0v) is 34.4. The maximum Gasteiger partial charge on any atom is 0.246 e. The van der Waals surface area contributed by atoms with Crippen LogP contribution >= 0.6 is 0 Å². The number of imide groups is 1. The number of amides is 5. The third-order valence-electron chi connectivity index (χ3n) is 11.0. The molecule has 4 N–H and O–H groups in total. The Hall–Kier alpha value is -3.83. The second-order valence-electron chi connectivity index (χ2n) is 15.4. The fourth-order valence-corrected chi connectivity index (χ4v) is 7.41. The molecule has 1 aliphatic heterocycles. The van der Waals surface area contributed by atoms with E-state index in [0.717, 1.165) is 18.4 Å². The first-order valence-electron chi connectivity index (χ1n) is 19.2. The van der Waals surface area contributed by atoms with E-state index >= 15 is 0 Å². The van der Waals surface area contributed by atoms with Gasteiger partial charge in [-0.15, -0.1) is 6.42 Å². The van der Waals surface area contributed by atoms with Gasteiger partial charge in [-0.2, -0.15) is 0 Å². The highest BCUT2D eigenvalue weighted by atomic mass is 16.5. The Labute approximate surface area is 323 Å². The molecule has 1 fully saturated rings. The summed E-state index contributed by atoms with van der Waals surface area (Å²) in [6, 6.07) is 7.12. The predicted octanol–water partition coefficient (Wildman–Crippen LogP) is 2.52. The number of nitrogens with zero attached hydrogens (tertiary/aromatic N) is 2. The molecule has 13 nitrogen and oxygen atoms in total. The molecule has 0 aromatic heterocycles. The molecule has 2 rings (SSSR count). The number of ether oxygens (including phenoxy) is 2. The lowest BCUT2D eigenvalue weighted by Gasteiger charge is -2.43. The lowest BCUT2D eigenvalue weighted by Crippen LogP contribution is -2.61. The number of hydrogen-bond donors (Lipinski definition) is 4. The van der Waals surface area contributed by atoms with Crippen LogP contribution in [0.1, 0.15) is 79.7 Å². The van der Waals surface area contributed by atoms with Crippen molar-refractivity contribution in [3.8, 4) is 12.3 Å². The third kappa shape index (κ3) is 12.3. The van der Waals surface area contributed by atoms with Gasteiger partial charge in [0, 0.05) is 33.2 Å². The summed E-state index contributed by atoms with van der Waals surface area (Å²) in [4.78, 5) is 71.4. The summed E-state index contributed by atoms with van der Waals surface area (Å²) in [6.07, 6.45) is 6.57. The molecule has 0 spiro atoms.